The molecule has 7 nitrogen and oxygen atoms in total. The molecule has 1 aromatic heterocycles. The fourth-order valence-corrected chi connectivity index (χ4v) is 5.61. The molecule has 0 bridgehead atoms. The molecule has 1 N–H and O–H groups in total. The van der Waals surface area contributed by atoms with Crippen molar-refractivity contribution in [1.82, 2.24) is 13.9 Å². The minimum absolute atomic E-state index is 0.0522. The summed E-state index contributed by atoms with van der Waals surface area (Å²) in [5.74, 6) is -0.918. The Morgan fingerprint density at radius 1 is 1.35 bits per heavy atom. The molecule has 1 saturated carbocycles. The molecule has 2 fully saturated rings. The lowest BCUT2D eigenvalue weighted by Gasteiger charge is -2.31. The molecule has 23 heavy (non-hydrogen) atoms. The van der Waals surface area contributed by atoms with Gasteiger partial charge in [0, 0.05) is 18.3 Å². The lowest BCUT2D eigenvalue weighted by atomic mass is 9.85. The van der Waals surface area contributed by atoms with Crippen molar-refractivity contribution in [3.05, 3.63) is 12.5 Å². The van der Waals surface area contributed by atoms with Crippen LogP contribution in [0.2, 0.25) is 0 Å². The van der Waals surface area contributed by atoms with Gasteiger partial charge in [-0.3, -0.25) is 4.79 Å². The van der Waals surface area contributed by atoms with Crippen LogP contribution in [0.1, 0.15) is 52.0 Å². The first-order valence-electron chi connectivity index (χ1n) is 8.12. The number of nitrogens with zero attached hydrogens (tertiary/aromatic N) is 3. The Balaban J connectivity index is 1.99. The van der Waals surface area contributed by atoms with Crippen molar-refractivity contribution in [1.29, 1.82) is 0 Å². The van der Waals surface area contributed by atoms with Crippen molar-refractivity contribution in [3.63, 3.8) is 0 Å². The largest absolute Gasteiger partial charge is 0.480 e. The van der Waals surface area contributed by atoms with Crippen LogP contribution in [-0.2, 0) is 14.8 Å². The molecule has 3 rings (SSSR count). The lowest BCUT2D eigenvalue weighted by molar-refractivity contribution is -0.141. The van der Waals surface area contributed by atoms with Crippen LogP contribution in [0.15, 0.2) is 17.6 Å². The zero-order valence-corrected chi connectivity index (χ0v) is 14.2. The molecule has 3 atom stereocenters. The Morgan fingerprint density at radius 3 is 2.65 bits per heavy atom. The quantitative estimate of drug-likeness (QED) is 0.902. The summed E-state index contributed by atoms with van der Waals surface area (Å²) in [6.07, 6.45) is 7.02. The summed E-state index contributed by atoms with van der Waals surface area (Å²) >= 11 is 0. The van der Waals surface area contributed by atoms with Crippen LogP contribution in [0.3, 0.4) is 0 Å². The summed E-state index contributed by atoms with van der Waals surface area (Å²) in [5, 5.41) is 9.45. The van der Waals surface area contributed by atoms with Crippen molar-refractivity contribution in [2.45, 2.75) is 69.1 Å². The number of aromatic nitrogens is 2. The topological polar surface area (TPSA) is 92.5 Å². The molecule has 128 valence electrons. The zero-order valence-electron chi connectivity index (χ0n) is 13.4. The minimum Gasteiger partial charge on any atom is -0.480 e. The van der Waals surface area contributed by atoms with Crippen LogP contribution in [-0.4, -0.2) is 45.4 Å². The Hall–Kier alpha value is -1.41. The van der Waals surface area contributed by atoms with E-state index in [1.165, 1.54) is 16.8 Å². The highest BCUT2D eigenvalue weighted by Gasteiger charge is 2.51. The van der Waals surface area contributed by atoms with Gasteiger partial charge in [-0.05, 0) is 39.0 Å². The Labute approximate surface area is 136 Å². The van der Waals surface area contributed by atoms with Gasteiger partial charge in [0.1, 0.15) is 6.04 Å². The maximum absolute atomic E-state index is 13.0. The number of hydrogen-bond donors (Lipinski definition) is 1. The first-order valence-corrected chi connectivity index (χ1v) is 9.56. The fraction of sp³-hybridized carbons (Fsp3) is 0.733. The van der Waals surface area contributed by atoms with Gasteiger partial charge in [-0.2, -0.15) is 4.31 Å². The van der Waals surface area contributed by atoms with E-state index in [2.05, 4.69) is 4.98 Å². The second-order valence-corrected chi connectivity index (χ2v) is 8.58. The Morgan fingerprint density at radius 2 is 2.04 bits per heavy atom. The van der Waals surface area contributed by atoms with Gasteiger partial charge in [-0.1, -0.05) is 12.8 Å². The lowest BCUT2D eigenvalue weighted by Crippen LogP contribution is -2.46. The van der Waals surface area contributed by atoms with Gasteiger partial charge in [-0.25, -0.2) is 13.4 Å². The first kappa shape index (κ1) is 16.4. The van der Waals surface area contributed by atoms with Crippen molar-refractivity contribution < 1.29 is 18.3 Å². The van der Waals surface area contributed by atoms with Crippen LogP contribution in [0.25, 0.3) is 0 Å². The SMILES string of the molecule is CC(C)n1cnc(S(=O)(=O)N2C(C(=O)O)CC3CCCCC32)c1. The van der Waals surface area contributed by atoms with Gasteiger partial charge in [0.05, 0.1) is 6.33 Å². The van der Waals surface area contributed by atoms with Crippen LogP contribution in [0.4, 0.5) is 0 Å². The normalized spacial score (nSPS) is 28.9. The van der Waals surface area contributed by atoms with E-state index in [4.69, 9.17) is 0 Å². The third-order valence-electron chi connectivity index (χ3n) is 5.03. The van der Waals surface area contributed by atoms with Crippen molar-refractivity contribution in [2.75, 3.05) is 0 Å². The molecular formula is C15H23N3O4S. The third kappa shape index (κ3) is 2.78. The van der Waals surface area contributed by atoms with Gasteiger partial charge in [0.25, 0.3) is 10.0 Å². The average Bonchev–Trinajstić information content (AvgIpc) is 3.12. The number of imidazole rings is 1. The zero-order chi connectivity index (χ0) is 16.8. The molecule has 2 heterocycles. The van der Waals surface area contributed by atoms with Gasteiger partial charge in [0.2, 0.25) is 0 Å². The number of carboxylic acid groups (broad SMARTS) is 1. The molecule has 3 unspecified atom stereocenters. The molecule has 1 aliphatic heterocycles. The highest BCUT2D eigenvalue weighted by molar-refractivity contribution is 7.89. The van der Waals surface area contributed by atoms with E-state index in [1.807, 2.05) is 13.8 Å². The molecule has 0 spiro atoms. The molecule has 1 saturated heterocycles. The van der Waals surface area contributed by atoms with Crippen molar-refractivity contribution >= 4 is 16.0 Å². The molecular weight excluding hydrogens is 318 g/mol. The number of fused-ring (bicyclic) bond motifs is 1. The summed E-state index contributed by atoms with van der Waals surface area (Å²) in [6.45, 7) is 3.87. The van der Waals surface area contributed by atoms with E-state index in [1.54, 1.807) is 4.57 Å². The summed E-state index contributed by atoms with van der Waals surface area (Å²) in [7, 11) is -3.90. The molecule has 0 radical (unpaired) electrons. The standard InChI is InChI=1S/C15H23N3O4S/c1-10(2)17-8-14(16-9-17)23(21,22)18-12-6-4-3-5-11(12)7-13(18)15(19)20/h8-13H,3-7H2,1-2H3,(H,19,20). The van der Waals surface area contributed by atoms with Gasteiger partial charge in [0.15, 0.2) is 5.03 Å². The smallest absolute Gasteiger partial charge is 0.322 e. The third-order valence-corrected chi connectivity index (χ3v) is 6.85. The van der Waals surface area contributed by atoms with Crippen LogP contribution >= 0.6 is 0 Å². The molecule has 0 aromatic carbocycles. The highest BCUT2D eigenvalue weighted by atomic mass is 32.2. The van der Waals surface area contributed by atoms with Gasteiger partial charge < -0.3 is 9.67 Å². The number of sulfonamides is 1. The highest BCUT2D eigenvalue weighted by Crippen LogP contribution is 2.42. The molecule has 8 heteroatoms. The number of hydrogen-bond acceptors (Lipinski definition) is 4. The number of aliphatic carboxylic acids is 1. The minimum atomic E-state index is -3.90. The predicted octanol–water partition coefficient (Wildman–Crippen LogP) is 1.87. The van der Waals surface area contributed by atoms with E-state index in [-0.39, 0.29) is 23.0 Å². The van der Waals surface area contributed by atoms with Crippen LogP contribution < -0.4 is 0 Å². The average molecular weight is 341 g/mol. The maximum Gasteiger partial charge on any atom is 0.322 e. The van der Waals surface area contributed by atoms with Crippen molar-refractivity contribution in [2.24, 2.45) is 5.92 Å². The van der Waals surface area contributed by atoms with Gasteiger partial charge in [-0.15, -0.1) is 0 Å². The molecule has 2 aliphatic rings. The summed E-state index contributed by atoms with van der Waals surface area (Å²) < 4.78 is 29.0. The van der Waals surface area contributed by atoms with E-state index in [0.717, 1.165) is 25.7 Å². The summed E-state index contributed by atoms with van der Waals surface area (Å²) in [4.78, 5) is 15.6. The Kier molecular flexibility index (Phi) is 4.22. The molecule has 1 aliphatic carbocycles. The summed E-state index contributed by atoms with van der Waals surface area (Å²) in [5.41, 5.74) is 0. The monoisotopic (exact) mass is 341 g/mol. The van der Waals surface area contributed by atoms with E-state index in [0.29, 0.717) is 6.42 Å². The van der Waals surface area contributed by atoms with Gasteiger partial charge >= 0.3 is 5.97 Å². The van der Waals surface area contributed by atoms with Crippen molar-refractivity contribution in [3.8, 4) is 0 Å². The summed E-state index contributed by atoms with van der Waals surface area (Å²) in [6, 6.07) is -1.08. The number of carboxylic acids is 1. The van der Waals surface area contributed by atoms with E-state index >= 15 is 0 Å². The van der Waals surface area contributed by atoms with E-state index in [9.17, 15) is 18.3 Å². The fourth-order valence-electron chi connectivity index (χ4n) is 3.82. The first-order chi connectivity index (χ1) is 10.8. The number of carbonyl (C=O) groups is 1. The number of rotatable bonds is 4. The molecule has 1 aromatic rings. The van der Waals surface area contributed by atoms with Crippen LogP contribution in [0, 0.1) is 5.92 Å². The van der Waals surface area contributed by atoms with Crippen LogP contribution in [0.5, 0.6) is 0 Å². The second-order valence-electron chi connectivity index (χ2n) is 6.79. The predicted molar refractivity (Wildman–Crippen MR) is 83.4 cm³/mol. The molecule has 0 amide bonds. The maximum atomic E-state index is 13.0. The Bertz CT molecular complexity index is 697. The second kappa shape index (κ2) is 5.90. The van der Waals surface area contributed by atoms with E-state index < -0.39 is 22.0 Å².